The van der Waals surface area contributed by atoms with Crippen LogP contribution in [0.25, 0.3) is 11.3 Å². The second kappa shape index (κ2) is 12.6. The summed E-state index contributed by atoms with van der Waals surface area (Å²) in [7, 11) is 0. The third-order valence-corrected chi connectivity index (χ3v) is 7.45. The Bertz CT molecular complexity index is 1260. The molecule has 4 aromatic rings. The van der Waals surface area contributed by atoms with Gasteiger partial charge in [-0.25, -0.2) is 4.98 Å². The molecule has 0 aliphatic carbocycles. The standard InChI is InChI=1S/C33H39N3O/c1-4-25(3)31(29(16-11-21-34)32(37)28-19-17-24(2)18-20-28)33-35-30(27-14-9-6-10-15-27)23-36(33)22-26-12-7-5-8-13-26/h5-10,12-15,17-20,23,25,29,31H,4,11,16,21-22,34H2,1-3H3/t25-,29?,31-/m0/s1. The average Bonchev–Trinajstić information content (AvgIpc) is 3.34. The van der Waals surface area contributed by atoms with E-state index in [9.17, 15) is 4.79 Å². The predicted octanol–water partition coefficient (Wildman–Crippen LogP) is 7.27. The molecule has 3 atom stereocenters. The molecule has 4 heteroatoms. The van der Waals surface area contributed by atoms with Crippen LogP contribution in [0.4, 0.5) is 0 Å². The summed E-state index contributed by atoms with van der Waals surface area (Å²) in [5.41, 5.74) is 11.1. The van der Waals surface area contributed by atoms with Crippen molar-refractivity contribution in [2.24, 2.45) is 17.6 Å². The fourth-order valence-corrected chi connectivity index (χ4v) is 5.18. The maximum atomic E-state index is 14.1. The highest BCUT2D eigenvalue weighted by Gasteiger charge is 2.36. The summed E-state index contributed by atoms with van der Waals surface area (Å²) in [5.74, 6) is 1.24. The van der Waals surface area contributed by atoms with Crippen molar-refractivity contribution in [2.45, 2.75) is 52.5 Å². The lowest BCUT2D eigenvalue weighted by atomic mass is 9.74. The average molecular weight is 494 g/mol. The molecule has 0 radical (unpaired) electrons. The van der Waals surface area contributed by atoms with Crippen molar-refractivity contribution in [3.8, 4) is 11.3 Å². The van der Waals surface area contributed by atoms with Crippen LogP contribution in [0.5, 0.6) is 0 Å². The Labute approximate surface area is 221 Å². The van der Waals surface area contributed by atoms with Gasteiger partial charge in [0.1, 0.15) is 5.82 Å². The van der Waals surface area contributed by atoms with Gasteiger partial charge in [-0.3, -0.25) is 4.79 Å². The van der Waals surface area contributed by atoms with Crippen LogP contribution in [-0.4, -0.2) is 21.9 Å². The molecule has 0 amide bonds. The van der Waals surface area contributed by atoms with Crippen molar-refractivity contribution in [1.82, 2.24) is 9.55 Å². The van der Waals surface area contributed by atoms with E-state index in [0.717, 1.165) is 47.5 Å². The van der Waals surface area contributed by atoms with Gasteiger partial charge < -0.3 is 10.3 Å². The van der Waals surface area contributed by atoms with Crippen LogP contribution >= 0.6 is 0 Å². The molecule has 0 aliphatic heterocycles. The zero-order valence-corrected chi connectivity index (χ0v) is 22.3. The normalized spacial score (nSPS) is 13.7. The quantitative estimate of drug-likeness (QED) is 0.211. The molecular formula is C33H39N3O. The maximum absolute atomic E-state index is 14.1. The molecule has 2 N–H and O–H groups in total. The lowest BCUT2D eigenvalue weighted by Gasteiger charge is -2.31. The van der Waals surface area contributed by atoms with Crippen molar-refractivity contribution < 1.29 is 4.79 Å². The number of aryl methyl sites for hydroxylation is 1. The molecule has 4 rings (SSSR count). The first-order valence-corrected chi connectivity index (χ1v) is 13.5. The van der Waals surface area contributed by atoms with E-state index in [1.54, 1.807) is 0 Å². The molecule has 0 saturated carbocycles. The number of rotatable bonds is 12. The predicted molar refractivity (Wildman–Crippen MR) is 153 cm³/mol. The molecule has 0 fully saturated rings. The van der Waals surface area contributed by atoms with E-state index in [0.29, 0.717) is 13.1 Å². The number of imidazole rings is 1. The van der Waals surface area contributed by atoms with E-state index >= 15 is 0 Å². The SMILES string of the molecule is CC[C@H](C)[C@H](c1nc(-c2ccccc2)cn1Cc1ccccc1)C(CCCN)C(=O)c1ccc(C)cc1. The molecule has 4 nitrogen and oxygen atoms in total. The minimum atomic E-state index is -0.193. The van der Waals surface area contributed by atoms with Gasteiger partial charge >= 0.3 is 0 Å². The van der Waals surface area contributed by atoms with Gasteiger partial charge in [0.05, 0.1) is 5.69 Å². The Morgan fingerprint density at radius 2 is 1.59 bits per heavy atom. The van der Waals surface area contributed by atoms with Gasteiger partial charge in [0.25, 0.3) is 0 Å². The summed E-state index contributed by atoms with van der Waals surface area (Å²) in [6.07, 6.45) is 4.67. The Morgan fingerprint density at radius 1 is 0.946 bits per heavy atom. The summed E-state index contributed by atoms with van der Waals surface area (Å²) in [6.45, 7) is 7.79. The fourth-order valence-electron chi connectivity index (χ4n) is 5.18. The first kappa shape index (κ1) is 26.6. The zero-order chi connectivity index (χ0) is 26.2. The van der Waals surface area contributed by atoms with Gasteiger partial charge in [-0.15, -0.1) is 0 Å². The molecule has 1 aromatic heterocycles. The Balaban J connectivity index is 1.83. The van der Waals surface area contributed by atoms with Crippen molar-refractivity contribution in [3.05, 3.63) is 114 Å². The molecule has 37 heavy (non-hydrogen) atoms. The Morgan fingerprint density at radius 3 is 2.22 bits per heavy atom. The summed E-state index contributed by atoms with van der Waals surface area (Å²) in [4.78, 5) is 19.3. The number of carbonyl (C=O) groups is 1. The maximum Gasteiger partial charge on any atom is 0.166 e. The summed E-state index contributed by atoms with van der Waals surface area (Å²) >= 11 is 0. The third kappa shape index (κ3) is 6.44. The van der Waals surface area contributed by atoms with Crippen LogP contribution in [0.15, 0.2) is 91.1 Å². The van der Waals surface area contributed by atoms with Crippen LogP contribution in [0, 0.1) is 18.8 Å². The number of ketones is 1. The number of Topliss-reactive ketones (excluding diaryl/α,β-unsaturated/α-hetero) is 1. The number of aromatic nitrogens is 2. The van der Waals surface area contributed by atoms with Crippen molar-refractivity contribution in [3.63, 3.8) is 0 Å². The van der Waals surface area contributed by atoms with Gasteiger partial charge in [0.15, 0.2) is 5.78 Å². The van der Waals surface area contributed by atoms with Crippen LogP contribution in [0.3, 0.4) is 0 Å². The number of nitrogens with zero attached hydrogens (tertiary/aromatic N) is 2. The van der Waals surface area contributed by atoms with Crippen molar-refractivity contribution in [1.29, 1.82) is 0 Å². The molecule has 0 bridgehead atoms. The van der Waals surface area contributed by atoms with Crippen LogP contribution in [-0.2, 0) is 6.54 Å². The lowest BCUT2D eigenvalue weighted by molar-refractivity contribution is 0.0863. The lowest BCUT2D eigenvalue weighted by Crippen LogP contribution is -2.30. The van der Waals surface area contributed by atoms with Crippen molar-refractivity contribution >= 4 is 5.78 Å². The first-order valence-electron chi connectivity index (χ1n) is 13.5. The molecule has 3 aromatic carbocycles. The highest BCUT2D eigenvalue weighted by molar-refractivity contribution is 5.98. The largest absolute Gasteiger partial charge is 0.330 e. The zero-order valence-electron chi connectivity index (χ0n) is 22.3. The molecule has 0 saturated heterocycles. The van der Waals surface area contributed by atoms with E-state index in [1.165, 1.54) is 5.56 Å². The second-order valence-electron chi connectivity index (χ2n) is 10.1. The monoisotopic (exact) mass is 493 g/mol. The van der Waals surface area contributed by atoms with Gasteiger partial charge in [-0.2, -0.15) is 0 Å². The summed E-state index contributed by atoms with van der Waals surface area (Å²) < 4.78 is 2.27. The summed E-state index contributed by atoms with van der Waals surface area (Å²) in [6, 6.07) is 28.8. The molecule has 0 aliphatic rings. The molecule has 1 unspecified atom stereocenters. The van der Waals surface area contributed by atoms with E-state index in [-0.39, 0.29) is 23.5 Å². The highest BCUT2D eigenvalue weighted by atomic mass is 16.1. The van der Waals surface area contributed by atoms with Crippen molar-refractivity contribution in [2.75, 3.05) is 6.54 Å². The first-order chi connectivity index (χ1) is 18.0. The Hall–Kier alpha value is -3.50. The van der Waals surface area contributed by atoms with E-state index < -0.39 is 0 Å². The molecule has 0 spiro atoms. The van der Waals surface area contributed by atoms with Crippen LogP contribution in [0.1, 0.15) is 66.3 Å². The highest BCUT2D eigenvalue weighted by Crippen LogP contribution is 2.39. The number of carbonyl (C=O) groups excluding carboxylic acids is 1. The third-order valence-electron chi connectivity index (χ3n) is 7.45. The van der Waals surface area contributed by atoms with Crippen LogP contribution in [0.2, 0.25) is 0 Å². The topological polar surface area (TPSA) is 60.9 Å². The molecule has 1 heterocycles. The van der Waals surface area contributed by atoms with Gasteiger partial charge in [-0.05, 0) is 37.8 Å². The van der Waals surface area contributed by atoms with E-state index in [1.807, 2.05) is 55.5 Å². The number of nitrogens with two attached hydrogens (primary N) is 1. The minimum absolute atomic E-state index is 0.0217. The molecule has 192 valence electrons. The Kier molecular flexibility index (Phi) is 9.08. The smallest absolute Gasteiger partial charge is 0.166 e. The van der Waals surface area contributed by atoms with Gasteiger partial charge in [0, 0.05) is 35.7 Å². The minimum Gasteiger partial charge on any atom is -0.330 e. The number of hydrogen-bond acceptors (Lipinski definition) is 3. The molecular weight excluding hydrogens is 454 g/mol. The number of hydrogen-bond donors (Lipinski definition) is 1. The van der Waals surface area contributed by atoms with E-state index in [4.69, 9.17) is 10.7 Å². The summed E-state index contributed by atoms with van der Waals surface area (Å²) in [5, 5.41) is 0. The van der Waals surface area contributed by atoms with Gasteiger partial charge in [0.2, 0.25) is 0 Å². The second-order valence-corrected chi connectivity index (χ2v) is 10.1. The number of benzene rings is 3. The van der Waals surface area contributed by atoms with Crippen LogP contribution < -0.4 is 5.73 Å². The van der Waals surface area contributed by atoms with Gasteiger partial charge in [-0.1, -0.05) is 111 Å². The fraction of sp³-hybridized carbons (Fsp3) is 0.333. The van der Waals surface area contributed by atoms with E-state index in [2.05, 4.69) is 61.0 Å².